The minimum Gasteiger partial charge on any atom is -0.467 e. The molecule has 2 amide bonds. The maximum absolute atomic E-state index is 13.8. The van der Waals surface area contributed by atoms with E-state index in [1.54, 1.807) is 6.92 Å². The number of urea groups is 1. The molecule has 0 aromatic heterocycles. The van der Waals surface area contributed by atoms with Crippen LogP contribution < -0.4 is 0 Å². The van der Waals surface area contributed by atoms with Crippen LogP contribution in [0.1, 0.15) is 24.1 Å². The maximum atomic E-state index is 13.8. The monoisotopic (exact) mass is 491 g/mol. The van der Waals surface area contributed by atoms with Crippen molar-refractivity contribution >= 4 is 34.4 Å². The summed E-state index contributed by atoms with van der Waals surface area (Å²) in [6, 6.07) is 15.3. The highest BCUT2D eigenvalue weighted by atomic mass is 16.6. The Bertz CT molecular complexity index is 1320. The molecule has 186 valence electrons. The molecule has 0 saturated carbocycles. The molecule has 1 saturated heterocycles. The molecule has 10 heteroatoms. The number of ether oxygens (including phenoxy) is 2. The first kappa shape index (κ1) is 24.6. The van der Waals surface area contributed by atoms with Crippen molar-refractivity contribution in [1.29, 1.82) is 0 Å². The molecule has 10 nitrogen and oxygen atoms in total. The molecule has 4 rings (SSSR count). The summed E-state index contributed by atoms with van der Waals surface area (Å²) >= 11 is 0. The molecule has 1 heterocycles. The van der Waals surface area contributed by atoms with Gasteiger partial charge in [0, 0.05) is 18.7 Å². The zero-order chi connectivity index (χ0) is 26.0. The number of hydrogen-bond donors (Lipinski definition) is 0. The molecular weight excluding hydrogens is 466 g/mol. The van der Waals surface area contributed by atoms with Gasteiger partial charge in [-0.1, -0.05) is 54.6 Å². The number of amides is 2. The number of nitro benzene ring substituents is 1. The van der Waals surface area contributed by atoms with Gasteiger partial charge in [0.1, 0.15) is 0 Å². The number of esters is 2. The number of carbonyl (C=O) groups is 3. The molecule has 3 atom stereocenters. The largest absolute Gasteiger partial charge is 0.467 e. The van der Waals surface area contributed by atoms with E-state index in [0.717, 1.165) is 16.3 Å². The van der Waals surface area contributed by atoms with Crippen molar-refractivity contribution in [1.82, 2.24) is 9.80 Å². The summed E-state index contributed by atoms with van der Waals surface area (Å²) in [5.74, 6) is -1.52. The zero-order valence-electron chi connectivity index (χ0n) is 20.0. The second kappa shape index (κ2) is 10.0. The normalized spacial score (nSPS) is 18.2. The van der Waals surface area contributed by atoms with Crippen molar-refractivity contribution < 1.29 is 28.8 Å². The number of nitro groups is 1. The van der Waals surface area contributed by atoms with Crippen molar-refractivity contribution in [2.24, 2.45) is 0 Å². The average Bonchev–Trinajstić information content (AvgIpc) is 3.18. The van der Waals surface area contributed by atoms with Gasteiger partial charge >= 0.3 is 18.0 Å². The van der Waals surface area contributed by atoms with Crippen LogP contribution in [0.4, 0.5) is 10.5 Å². The van der Waals surface area contributed by atoms with Gasteiger partial charge in [-0.2, -0.15) is 0 Å². The summed E-state index contributed by atoms with van der Waals surface area (Å²) in [7, 11) is 2.38. The molecule has 0 N–H and O–H groups in total. The highest BCUT2D eigenvalue weighted by Crippen LogP contribution is 2.37. The fourth-order valence-electron chi connectivity index (χ4n) is 4.71. The first-order valence-corrected chi connectivity index (χ1v) is 11.2. The van der Waals surface area contributed by atoms with E-state index in [9.17, 15) is 24.5 Å². The molecule has 1 aliphatic heterocycles. The highest BCUT2D eigenvalue weighted by Gasteiger charge is 2.55. The standard InChI is InChI=1S/C26H25N3O7/c1-16(20-10-6-8-18-7-4-5-9-21(18)20)28-23(25(31)36-3)22(24(30)35-2)27(26(28)32)15-17-11-13-19(14-12-17)29(33)34/h4-14,16,22-23H,15H2,1-3H3. The second-order valence-electron chi connectivity index (χ2n) is 8.42. The van der Waals surface area contributed by atoms with E-state index in [1.165, 1.54) is 48.3 Å². The molecule has 1 aliphatic rings. The van der Waals surface area contributed by atoms with Gasteiger partial charge in [0.15, 0.2) is 12.1 Å². The van der Waals surface area contributed by atoms with Crippen LogP contribution in [0.25, 0.3) is 10.8 Å². The predicted octanol–water partition coefficient (Wildman–Crippen LogP) is 3.83. The molecule has 1 fully saturated rings. The molecular formula is C26H25N3O7. The predicted molar refractivity (Wildman–Crippen MR) is 130 cm³/mol. The Hall–Kier alpha value is -4.47. The molecule has 0 aliphatic carbocycles. The van der Waals surface area contributed by atoms with Crippen LogP contribution in [0.15, 0.2) is 66.7 Å². The number of fused-ring (bicyclic) bond motifs is 1. The fraction of sp³-hybridized carbons (Fsp3) is 0.269. The Kier molecular flexibility index (Phi) is 6.86. The topological polar surface area (TPSA) is 119 Å². The van der Waals surface area contributed by atoms with Crippen LogP contribution in [0.3, 0.4) is 0 Å². The van der Waals surface area contributed by atoms with E-state index >= 15 is 0 Å². The van der Waals surface area contributed by atoms with Gasteiger partial charge in [-0.15, -0.1) is 0 Å². The van der Waals surface area contributed by atoms with Crippen LogP contribution in [0.5, 0.6) is 0 Å². The van der Waals surface area contributed by atoms with Gasteiger partial charge in [-0.05, 0) is 28.8 Å². The summed E-state index contributed by atoms with van der Waals surface area (Å²) in [4.78, 5) is 52.8. The third-order valence-corrected chi connectivity index (χ3v) is 6.48. The van der Waals surface area contributed by atoms with E-state index in [1.807, 2.05) is 42.5 Å². The van der Waals surface area contributed by atoms with E-state index < -0.39 is 41.0 Å². The quantitative estimate of drug-likeness (QED) is 0.280. The highest BCUT2D eigenvalue weighted by molar-refractivity contribution is 5.97. The molecule has 3 unspecified atom stereocenters. The number of non-ortho nitro benzene ring substituents is 1. The Balaban J connectivity index is 1.78. The van der Waals surface area contributed by atoms with Crippen molar-refractivity contribution in [3.05, 3.63) is 88.0 Å². The lowest BCUT2D eigenvalue weighted by Crippen LogP contribution is -2.49. The van der Waals surface area contributed by atoms with Gasteiger partial charge in [-0.3, -0.25) is 10.1 Å². The molecule has 0 radical (unpaired) electrons. The summed E-state index contributed by atoms with van der Waals surface area (Å²) in [5.41, 5.74) is 1.25. The molecule has 36 heavy (non-hydrogen) atoms. The van der Waals surface area contributed by atoms with Crippen LogP contribution in [0.2, 0.25) is 0 Å². The minimum atomic E-state index is -1.28. The van der Waals surface area contributed by atoms with Gasteiger partial charge in [0.2, 0.25) is 0 Å². The summed E-state index contributed by atoms with van der Waals surface area (Å²) in [6.45, 7) is 1.72. The summed E-state index contributed by atoms with van der Waals surface area (Å²) in [5, 5.41) is 12.9. The van der Waals surface area contributed by atoms with Gasteiger partial charge in [0.25, 0.3) is 5.69 Å². The molecule has 3 aromatic carbocycles. The Morgan fingerprint density at radius 3 is 2.19 bits per heavy atom. The van der Waals surface area contributed by atoms with Gasteiger partial charge in [0.05, 0.1) is 25.2 Å². The number of rotatable bonds is 7. The Morgan fingerprint density at radius 1 is 0.944 bits per heavy atom. The van der Waals surface area contributed by atoms with Gasteiger partial charge < -0.3 is 19.3 Å². The third kappa shape index (κ3) is 4.33. The van der Waals surface area contributed by atoms with Crippen LogP contribution in [-0.2, 0) is 25.6 Å². The zero-order valence-corrected chi connectivity index (χ0v) is 20.0. The molecule has 0 spiro atoms. The van der Waals surface area contributed by atoms with Gasteiger partial charge in [-0.25, -0.2) is 14.4 Å². The van der Waals surface area contributed by atoms with E-state index in [-0.39, 0.29) is 12.2 Å². The fourth-order valence-corrected chi connectivity index (χ4v) is 4.71. The Morgan fingerprint density at radius 2 is 1.56 bits per heavy atom. The van der Waals surface area contributed by atoms with Crippen molar-refractivity contribution in [3.8, 4) is 0 Å². The smallest absolute Gasteiger partial charge is 0.331 e. The molecule has 0 bridgehead atoms. The maximum Gasteiger partial charge on any atom is 0.331 e. The lowest BCUT2D eigenvalue weighted by Gasteiger charge is -2.30. The van der Waals surface area contributed by atoms with Crippen molar-refractivity contribution in [3.63, 3.8) is 0 Å². The van der Waals surface area contributed by atoms with E-state index in [0.29, 0.717) is 5.56 Å². The van der Waals surface area contributed by atoms with E-state index in [2.05, 4.69) is 0 Å². The van der Waals surface area contributed by atoms with Crippen LogP contribution >= 0.6 is 0 Å². The van der Waals surface area contributed by atoms with Crippen molar-refractivity contribution in [2.75, 3.05) is 14.2 Å². The first-order chi connectivity index (χ1) is 17.3. The number of nitrogens with zero attached hydrogens (tertiary/aromatic N) is 3. The SMILES string of the molecule is COC(=O)C1C(C(=O)OC)N(C(C)c2cccc3ccccc23)C(=O)N1Cc1ccc([N+](=O)[O-])cc1. The number of hydrogen-bond acceptors (Lipinski definition) is 7. The number of carbonyl (C=O) groups excluding carboxylic acids is 3. The van der Waals surface area contributed by atoms with Crippen molar-refractivity contribution in [2.45, 2.75) is 31.6 Å². The lowest BCUT2D eigenvalue weighted by atomic mass is 9.97. The van der Waals surface area contributed by atoms with Crippen LogP contribution in [-0.4, -0.2) is 59.0 Å². The average molecular weight is 492 g/mol. The Labute approximate surface area is 207 Å². The molecule has 3 aromatic rings. The third-order valence-electron chi connectivity index (χ3n) is 6.48. The number of benzene rings is 3. The summed E-state index contributed by atoms with van der Waals surface area (Å²) in [6.07, 6.45) is 0. The second-order valence-corrected chi connectivity index (χ2v) is 8.42. The lowest BCUT2D eigenvalue weighted by molar-refractivity contribution is -0.384. The minimum absolute atomic E-state index is 0.0666. The summed E-state index contributed by atoms with van der Waals surface area (Å²) < 4.78 is 9.98. The van der Waals surface area contributed by atoms with Crippen LogP contribution in [0, 0.1) is 10.1 Å². The van der Waals surface area contributed by atoms with E-state index in [4.69, 9.17) is 9.47 Å². The number of methoxy groups -OCH3 is 2. The first-order valence-electron chi connectivity index (χ1n) is 11.2.